The Kier molecular flexibility index (Phi) is 2.21. The fraction of sp³-hybridized carbons (Fsp3) is 0.286. The van der Waals surface area contributed by atoms with E-state index in [1.165, 1.54) is 6.92 Å². The molecule has 0 saturated carbocycles. The predicted molar refractivity (Wildman–Crippen MR) is 38.3 cm³/mol. The number of anilines is 1. The number of alkyl halides is 2. The number of hydrogen-bond acceptors (Lipinski definition) is 2. The van der Waals surface area contributed by atoms with E-state index in [1.54, 1.807) is 0 Å². The van der Waals surface area contributed by atoms with Crippen LogP contribution in [0.15, 0.2) is 6.20 Å². The van der Waals surface area contributed by atoms with Gasteiger partial charge in [0.1, 0.15) is 0 Å². The molecule has 0 saturated heterocycles. The Morgan fingerprint density at radius 1 is 1.50 bits per heavy atom. The summed E-state index contributed by atoms with van der Waals surface area (Å²) in [7, 11) is 0. The van der Waals surface area contributed by atoms with Gasteiger partial charge in [-0.15, -0.1) is 0 Å². The van der Waals surface area contributed by atoms with Crippen molar-refractivity contribution in [3.63, 3.8) is 0 Å². The summed E-state index contributed by atoms with van der Waals surface area (Å²) in [5.41, 5.74) is 4.68. The first kappa shape index (κ1) is 8.83. The van der Waals surface area contributed by atoms with E-state index in [0.29, 0.717) is 0 Å². The summed E-state index contributed by atoms with van der Waals surface area (Å²) < 4.78 is 36.9. The minimum Gasteiger partial charge on any atom is -0.397 e. The van der Waals surface area contributed by atoms with Crippen LogP contribution < -0.4 is 5.73 Å². The molecule has 0 unspecified atom stereocenters. The van der Waals surface area contributed by atoms with Gasteiger partial charge in [-0.2, -0.15) is 4.39 Å². The lowest BCUT2D eigenvalue weighted by Crippen LogP contribution is -2.02. The van der Waals surface area contributed by atoms with Crippen molar-refractivity contribution in [2.75, 3.05) is 5.73 Å². The maximum Gasteiger partial charge on any atom is 0.268 e. The smallest absolute Gasteiger partial charge is 0.268 e. The van der Waals surface area contributed by atoms with Gasteiger partial charge < -0.3 is 5.73 Å². The zero-order valence-electron chi connectivity index (χ0n) is 6.31. The number of pyridine rings is 1. The molecule has 1 aromatic rings. The number of rotatable bonds is 1. The molecule has 0 radical (unpaired) electrons. The van der Waals surface area contributed by atoms with E-state index >= 15 is 0 Å². The largest absolute Gasteiger partial charge is 0.397 e. The van der Waals surface area contributed by atoms with Gasteiger partial charge in [0.05, 0.1) is 17.4 Å². The normalized spacial score (nSPS) is 10.8. The van der Waals surface area contributed by atoms with Crippen molar-refractivity contribution in [1.82, 2.24) is 4.98 Å². The van der Waals surface area contributed by atoms with Crippen molar-refractivity contribution in [2.45, 2.75) is 13.3 Å². The predicted octanol–water partition coefficient (Wildman–Crippen LogP) is 2.05. The summed E-state index contributed by atoms with van der Waals surface area (Å²) in [6.07, 6.45) is -1.85. The van der Waals surface area contributed by atoms with Crippen molar-refractivity contribution < 1.29 is 13.2 Å². The van der Waals surface area contributed by atoms with E-state index in [2.05, 4.69) is 4.98 Å². The molecule has 0 amide bonds. The van der Waals surface area contributed by atoms with Crippen LogP contribution in [0.5, 0.6) is 0 Å². The quantitative estimate of drug-likeness (QED) is 0.665. The van der Waals surface area contributed by atoms with E-state index in [-0.39, 0.29) is 11.3 Å². The molecule has 1 heterocycles. The highest BCUT2D eigenvalue weighted by Crippen LogP contribution is 2.27. The number of halogens is 3. The van der Waals surface area contributed by atoms with Crippen LogP contribution >= 0.6 is 0 Å². The molecule has 1 aromatic heterocycles. The second kappa shape index (κ2) is 3.00. The standard InChI is InChI=1S/C7H7F3N2/c1-3-4(11)2-12-7(10)5(3)6(8)9/h2,6H,11H2,1H3. The number of hydrogen-bond donors (Lipinski definition) is 1. The fourth-order valence-corrected chi connectivity index (χ4v) is 0.857. The van der Waals surface area contributed by atoms with Gasteiger partial charge in [0.2, 0.25) is 5.95 Å². The van der Waals surface area contributed by atoms with Gasteiger partial charge in [-0.25, -0.2) is 13.8 Å². The molecule has 0 fully saturated rings. The maximum absolute atomic E-state index is 12.6. The summed E-state index contributed by atoms with van der Waals surface area (Å²) in [6.45, 7) is 1.33. The maximum atomic E-state index is 12.6. The van der Waals surface area contributed by atoms with Gasteiger partial charge in [0, 0.05) is 0 Å². The van der Waals surface area contributed by atoms with Gasteiger partial charge in [0.15, 0.2) is 0 Å². The van der Waals surface area contributed by atoms with Crippen molar-refractivity contribution >= 4 is 5.69 Å². The molecular weight excluding hydrogens is 169 g/mol. The highest BCUT2D eigenvalue weighted by Gasteiger charge is 2.18. The van der Waals surface area contributed by atoms with E-state index < -0.39 is 17.9 Å². The second-order valence-electron chi connectivity index (χ2n) is 2.34. The number of nitrogen functional groups attached to an aromatic ring is 1. The number of nitrogens with zero attached hydrogens (tertiary/aromatic N) is 1. The Hall–Kier alpha value is -1.26. The van der Waals surface area contributed by atoms with Crippen molar-refractivity contribution in [2.24, 2.45) is 0 Å². The van der Waals surface area contributed by atoms with Crippen molar-refractivity contribution in [3.8, 4) is 0 Å². The highest BCUT2D eigenvalue weighted by atomic mass is 19.3. The fourth-order valence-electron chi connectivity index (χ4n) is 0.857. The summed E-state index contributed by atoms with van der Waals surface area (Å²) in [5, 5.41) is 0. The minimum atomic E-state index is -2.87. The van der Waals surface area contributed by atoms with Crippen LogP contribution in [-0.2, 0) is 0 Å². The van der Waals surface area contributed by atoms with Crippen LogP contribution in [0.1, 0.15) is 17.6 Å². The zero-order valence-corrected chi connectivity index (χ0v) is 6.31. The lowest BCUT2D eigenvalue weighted by atomic mass is 10.1. The molecule has 0 spiro atoms. The average Bonchev–Trinajstić information content (AvgIpc) is 1.97. The van der Waals surface area contributed by atoms with E-state index in [4.69, 9.17) is 5.73 Å². The summed E-state index contributed by atoms with van der Waals surface area (Å²) in [4.78, 5) is 3.09. The van der Waals surface area contributed by atoms with Crippen LogP contribution in [0, 0.1) is 12.9 Å². The molecule has 0 bridgehead atoms. The Labute approximate surface area is 67.2 Å². The van der Waals surface area contributed by atoms with E-state index in [1.807, 2.05) is 0 Å². The van der Waals surface area contributed by atoms with Gasteiger partial charge in [-0.05, 0) is 12.5 Å². The van der Waals surface area contributed by atoms with Crippen LogP contribution in [0.25, 0.3) is 0 Å². The van der Waals surface area contributed by atoms with Crippen molar-refractivity contribution in [1.29, 1.82) is 0 Å². The first-order chi connectivity index (χ1) is 5.54. The van der Waals surface area contributed by atoms with Gasteiger partial charge in [0.25, 0.3) is 6.43 Å². The molecule has 0 aliphatic rings. The number of nitrogens with two attached hydrogens (primary N) is 1. The highest BCUT2D eigenvalue weighted by molar-refractivity contribution is 5.48. The Morgan fingerprint density at radius 2 is 2.08 bits per heavy atom. The van der Waals surface area contributed by atoms with Crippen LogP contribution in [-0.4, -0.2) is 4.98 Å². The van der Waals surface area contributed by atoms with Crippen LogP contribution in [0.3, 0.4) is 0 Å². The molecule has 0 aliphatic carbocycles. The molecule has 2 N–H and O–H groups in total. The molecule has 5 heteroatoms. The van der Waals surface area contributed by atoms with Crippen LogP contribution in [0.2, 0.25) is 0 Å². The Morgan fingerprint density at radius 3 is 2.50 bits per heavy atom. The SMILES string of the molecule is Cc1c(N)cnc(F)c1C(F)F. The molecule has 12 heavy (non-hydrogen) atoms. The van der Waals surface area contributed by atoms with Gasteiger partial charge >= 0.3 is 0 Å². The third-order valence-electron chi connectivity index (χ3n) is 1.59. The molecular formula is C7H7F3N2. The zero-order chi connectivity index (χ0) is 9.30. The monoisotopic (exact) mass is 176 g/mol. The molecule has 2 nitrogen and oxygen atoms in total. The first-order valence-electron chi connectivity index (χ1n) is 3.22. The first-order valence-corrected chi connectivity index (χ1v) is 3.22. The second-order valence-corrected chi connectivity index (χ2v) is 2.34. The topological polar surface area (TPSA) is 38.9 Å². The van der Waals surface area contributed by atoms with E-state index in [0.717, 1.165) is 6.20 Å². The van der Waals surface area contributed by atoms with Crippen molar-refractivity contribution in [3.05, 3.63) is 23.3 Å². The molecule has 66 valence electrons. The molecule has 1 rings (SSSR count). The summed E-state index contributed by atoms with van der Waals surface area (Å²) in [6, 6.07) is 0. The molecule has 0 atom stereocenters. The Balaban J connectivity index is 3.33. The third kappa shape index (κ3) is 1.34. The lowest BCUT2D eigenvalue weighted by Gasteiger charge is -2.06. The lowest BCUT2D eigenvalue weighted by molar-refractivity contribution is 0.144. The minimum absolute atomic E-state index is 0.0532. The van der Waals surface area contributed by atoms with Crippen LogP contribution in [0.4, 0.5) is 18.9 Å². The summed E-state index contributed by atoms with van der Waals surface area (Å²) in [5.74, 6) is -1.16. The van der Waals surface area contributed by atoms with E-state index in [9.17, 15) is 13.2 Å². The van der Waals surface area contributed by atoms with Gasteiger partial charge in [-0.1, -0.05) is 0 Å². The number of aromatic nitrogens is 1. The average molecular weight is 176 g/mol. The summed E-state index contributed by atoms with van der Waals surface area (Å²) >= 11 is 0. The Bertz CT molecular complexity index is 299. The molecule has 0 aromatic carbocycles. The molecule has 0 aliphatic heterocycles. The third-order valence-corrected chi connectivity index (χ3v) is 1.59. The van der Waals surface area contributed by atoms with Gasteiger partial charge in [-0.3, -0.25) is 0 Å².